The van der Waals surface area contributed by atoms with Gasteiger partial charge in [0.15, 0.2) is 0 Å². The molecule has 0 unspecified atom stereocenters. The average Bonchev–Trinajstić information content (AvgIpc) is 2.49. The smallest absolute Gasteiger partial charge is 0.316 e. The number of aromatic nitrogens is 2. The van der Waals surface area contributed by atoms with Crippen LogP contribution in [0, 0.1) is 0 Å². The largest absolute Gasteiger partial charge is 0.351 e. The van der Waals surface area contributed by atoms with Crippen LogP contribution in [0.25, 0.3) is 10.9 Å². The summed E-state index contributed by atoms with van der Waals surface area (Å²) in [7, 11) is 0. The molecule has 5 nitrogen and oxygen atoms in total. The molecule has 1 heterocycles. The zero-order valence-corrected chi connectivity index (χ0v) is 6.74. The van der Waals surface area contributed by atoms with Crippen LogP contribution in [0.5, 0.6) is 0 Å². The average molecular weight is 176 g/mol. The second-order valence-electron chi connectivity index (χ2n) is 2.66. The molecule has 0 atom stereocenters. The number of anilines is 1. The molecule has 2 aromatic rings. The molecule has 0 spiro atoms. The van der Waals surface area contributed by atoms with Crippen LogP contribution < -0.4 is 11.1 Å². The van der Waals surface area contributed by atoms with E-state index in [1.807, 2.05) is 6.07 Å². The van der Waals surface area contributed by atoms with E-state index in [0.717, 1.165) is 10.9 Å². The van der Waals surface area contributed by atoms with Crippen LogP contribution in [0.3, 0.4) is 0 Å². The molecular weight excluding hydrogens is 168 g/mol. The highest BCUT2D eigenvalue weighted by Crippen LogP contribution is 2.15. The monoisotopic (exact) mass is 176 g/mol. The van der Waals surface area contributed by atoms with Crippen molar-refractivity contribution in [3.05, 3.63) is 24.4 Å². The van der Waals surface area contributed by atoms with Gasteiger partial charge in [0.25, 0.3) is 0 Å². The number of urea groups is 1. The quantitative estimate of drug-likeness (QED) is 0.606. The summed E-state index contributed by atoms with van der Waals surface area (Å²) in [6.07, 6.45) is 1.71. The molecule has 2 amide bonds. The zero-order chi connectivity index (χ0) is 9.26. The molecule has 4 N–H and O–H groups in total. The molecule has 5 heteroatoms. The van der Waals surface area contributed by atoms with Gasteiger partial charge < -0.3 is 11.1 Å². The molecule has 13 heavy (non-hydrogen) atoms. The number of primary amides is 1. The lowest BCUT2D eigenvalue weighted by Gasteiger charge is -1.99. The Morgan fingerprint density at radius 3 is 3.15 bits per heavy atom. The number of carbonyl (C=O) groups excluding carboxylic acids is 1. The van der Waals surface area contributed by atoms with Gasteiger partial charge in [-0.15, -0.1) is 0 Å². The van der Waals surface area contributed by atoms with Crippen molar-refractivity contribution in [2.75, 3.05) is 5.32 Å². The first-order valence-corrected chi connectivity index (χ1v) is 3.75. The second kappa shape index (κ2) is 2.78. The van der Waals surface area contributed by atoms with Crippen LogP contribution in [0.15, 0.2) is 24.4 Å². The fourth-order valence-corrected chi connectivity index (χ4v) is 1.16. The number of fused-ring (bicyclic) bond motifs is 1. The third-order valence-electron chi connectivity index (χ3n) is 1.71. The van der Waals surface area contributed by atoms with Crippen molar-refractivity contribution in [3.63, 3.8) is 0 Å². The Morgan fingerprint density at radius 1 is 1.54 bits per heavy atom. The molecule has 0 bridgehead atoms. The summed E-state index contributed by atoms with van der Waals surface area (Å²) in [6, 6.07) is 4.82. The van der Waals surface area contributed by atoms with E-state index >= 15 is 0 Å². The molecule has 66 valence electrons. The number of rotatable bonds is 1. The Hall–Kier alpha value is -2.04. The molecule has 0 radical (unpaired) electrons. The van der Waals surface area contributed by atoms with Crippen molar-refractivity contribution < 1.29 is 4.79 Å². The van der Waals surface area contributed by atoms with Crippen molar-refractivity contribution in [2.45, 2.75) is 0 Å². The number of nitrogens with two attached hydrogens (primary N) is 1. The van der Waals surface area contributed by atoms with Gasteiger partial charge in [-0.05, 0) is 18.2 Å². The van der Waals surface area contributed by atoms with E-state index in [1.54, 1.807) is 18.3 Å². The minimum Gasteiger partial charge on any atom is -0.351 e. The van der Waals surface area contributed by atoms with Crippen molar-refractivity contribution in [1.29, 1.82) is 0 Å². The number of aromatic amines is 1. The molecule has 0 saturated heterocycles. The number of nitrogens with zero attached hydrogens (tertiary/aromatic N) is 1. The van der Waals surface area contributed by atoms with Crippen LogP contribution in [-0.4, -0.2) is 16.2 Å². The first kappa shape index (κ1) is 7.60. The molecule has 0 fully saturated rings. The van der Waals surface area contributed by atoms with E-state index in [0.29, 0.717) is 5.69 Å². The van der Waals surface area contributed by atoms with Gasteiger partial charge >= 0.3 is 6.03 Å². The minimum absolute atomic E-state index is 0.570. The summed E-state index contributed by atoms with van der Waals surface area (Å²) < 4.78 is 0. The SMILES string of the molecule is NC(=O)Nc1ccc2cn[nH]c2c1. The van der Waals surface area contributed by atoms with Gasteiger partial charge in [0.05, 0.1) is 11.7 Å². The van der Waals surface area contributed by atoms with E-state index in [4.69, 9.17) is 5.73 Å². The van der Waals surface area contributed by atoms with E-state index in [1.165, 1.54) is 0 Å². The van der Waals surface area contributed by atoms with Crippen LogP contribution in [0.2, 0.25) is 0 Å². The van der Waals surface area contributed by atoms with Gasteiger partial charge in [0.2, 0.25) is 0 Å². The molecular formula is C8H8N4O. The van der Waals surface area contributed by atoms with Crippen LogP contribution in [0.4, 0.5) is 10.5 Å². The van der Waals surface area contributed by atoms with Crippen LogP contribution in [0.1, 0.15) is 0 Å². The van der Waals surface area contributed by atoms with E-state index in [2.05, 4.69) is 15.5 Å². The predicted molar refractivity (Wildman–Crippen MR) is 49.3 cm³/mol. The van der Waals surface area contributed by atoms with Gasteiger partial charge in [-0.25, -0.2) is 4.79 Å². The highest BCUT2D eigenvalue weighted by Gasteiger charge is 1.98. The van der Waals surface area contributed by atoms with E-state index < -0.39 is 6.03 Å². The third kappa shape index (κ3) is 1.44. The maximum absolute atomic E-state index is 10.5. The van der Waals surface area contributed by atoms with Gasteiger partial charge in [-0.3, -0.25) is 5.10 Å². The minimum atomic E-state index is -0.570. The Kier molecular flexibility index (Phi) is 1.63. The molecule has 0 aliphatic heterocycles. The first-order valence-electron chi connectivity index (χ1n) is 3.75. The topological polar surface area (TPSA) is 83.8 Å². The second-order valence-corrected chi connectivity index (χ2v) is 2.66. The maximum Gasteiger partial charge on any atom is 0.316 e. The molecule has 2 rings (SSSR count). The third-order valence-corrected chi connectivity index (χ3v) is 1.71. The number of benzene rings is 1. The lowest BCUT2D eigenvalue weighted by Crippen LogP contribution is -2.19. The fraction of sp³-hybridized carbons (Fsp3) is 0. The summed E-state index contributed by atoms with van der Waals surface area (Å²) in [4.78, 5) is 10.5. The van der Waals surface area contributed by atoms with Crippen molar-refractivity contribution >= 4 is 22.6 Å². The van der Waals surface area contributed by atoms with Crippen molar-refractivity contribution in [1.82, 2.24) is 10.2 Å². The zero-order valence-electron chi connectivity index (χ0n) is 6.74. The van der Waals surface area contributed by atoms with Gasteiger partial charge in [-0.1, -0.05) is 0 Å². The standard InChI is InChI=1S/C8H8N4O/c9-8(13)11-6-2-1-5-4-10-12-7(5)3-6/h1-4H,(H,10,12)(H3,9,11,13). The molecule has 0 aliphatic carbocycles. The number of carbonyl (C=O) groups is 1. The molecule has 1 aromatic heterocycles. The number of amides is 2. The predicted octanol–water partition coefficient (Wildman–Crippen LogP) is 1.05. The van der Waals surface area contributed by atoms with E-state index in [9.17, 15) is 4.79 Å². The lowest BCUT2D eigenvalue weighted by molar-refractivity contribution is 0.259. The van der Waals surface area contributed by atoms with Gasteiger partial charge in [0.1, 0.15) is 0 Å². The fourth-order valence-electron chi connectivity index (χ4n) is 1.16. The van der Waals surface area contributed by atoms with Crippen molar-refractivity contribution in [3.8, 4) is 0 Å². The highest BCUT2D eigenvalue weighted by molar-refractivity contribution is 5.91. The Labute approximate surface area is 73.9 Å². The van der Waals surface area contributed by atoms with Crippen LogP contribution in [-0.2, 0) is 0 Å². The maximum atomic E-state index is 10.5. The van der Waals surface area contributed by atoms with Gasteiger partial charge in [-0.2, -0.15) is 5.10 Å². The van der Waals surface area contributed by atoms with Crippen LogP contribution >= 0.6 is 0 Å². The summed E-state index contributed by atoms with van der Waals surface area (Å²) in [5.74, 6) is 0. The summed E-state index contributed by atoms with van der Waals surface area (Å²) in [6.45, 7) is 0. The number of nitrogens with one attached hydrogen (secondary N) is 2. The number of H-pyrrole nitrogens is 1. The Balaban J connectivity index is 2.42. The van der Waals surface area contributed by atoms with Crippen molar-refractivity contribution in [2.24, 2.45) is 5.73 Å². The normalized spacial score (nSPS) is 10.2. The summed E-state index contributed by atoms with van der Waals surface area (Å²) >= 11 is 0. The first-order chi connectivity index (χ1) is 6.25. The summed E-state index contributed by atoms with van der Waals surface area (Å²) in [5.41, 5.74) is 6.49. The Morgan fingerprint density at radius 2 is 2.38 bits per heavy atom. The highest BCUT2D eigenvalue weighted by atomic mass is 16.2. The number of hydrogen-bond acceptors (Lipinski definition) is 2. The van der Waals surface area contributed by atoms with E-state index in [-0.39, 0.29) is 0 Å². The molecule has 1 aromatic carbocycles. The number of hydrogen-bond donors (Lipinski definition) is 3. The molecule has 0 saturated carbocycles. The lowest BCUT2D eigenvalue weighted by atomic mass is 10.2. The summed E-state index contributed by atoms with van der Waals surface area (Å²) in [5, 5.41) is 10.1. The van der Waals surface area contributed by atoms with Gasteiger partial charge in [0, 0.05) is 11.1 Å². The molecule has 0 aliphatic rings. The Bertz CT molecular complexity index is 448.